The summed E-state index contributed by atoms with van der Waals surface area (Å²) in [5.74, 6) is -0.419. The summed E-state index contributed by atoms with van der Waals surface area (Å²) in [6.45, 7) is 5.14. The van der Waals surface area contributed by atoms with E-state index in [2.05, 4.69) is 20.0 Å². The van der Waals surface area contributed by atoms with Crippen LogP contribution in [0.15, 0.2) is 22.7 Å². The van der Waals surface area contributed by atoms with Crippen LogP contribution in [-0.2, 0) is 6.18 Å². The van der Waals surface area contributed by atoms with Crippen LogP contribution < -0.4 is 15.0 Å². The van der Waals surface area contributed by atoms with Crippen LogP contribution in [0.5, 0.6) is 5.75 Å². The number of nitrogens with one attached hydrogen (secondary N) is 1. The van der Waals surface area contributed by atoms with Gasteiger partial charge in [-0.3, -0.25) is 4.79 Å². The number of carbonyl (C=O) groups is 1. The summed E-state index contributed by atoms with van der Waals surface area (Å²) in [4.78, 5) is 17.4. The number of ether oxygens (including phenoxy) is 1. The van der Waals surface area contributed by atoms with Crippen LogP contribution in [0.25, 0.3) is 0 Å². The first-order valence-corrected chi connectivity index (χ1v) is 11.0. The van der Waals surface area contributed by atoms with Crippen LogP contribution in [0.2, 0.25) is 0 Å². The SMILES string of the molecule is Cc1cc(OCCCC2CCN(c3noc(C(F)(F)F)n3)CC2)ccc1C(=O)N[C@H](C)CO. The van der Waals surface area contributed by atoms with E-state index in [9.17, 15) is 18.0 Å². The summed E-state index contributed by atoms with van der Waals surface area (Å²) in [5.41, 5.74) is 1.33. The van der Waals surface area contributed by atoms with Crippen LogP contribution in [0.4, 0.5) is 19.1 Å². The van der Waals surface area contributed by atoms with Gasteiger partial charge in [-0.05, 0) is 74.4 Å². The molecule has 1 aromatic carbocycles. The van der Waals surface area contributed by atoms with Crippen molar-refractivity contribution in [2.45, 2.75) is 51.7 Å². The van der Waals surface area contributed by atoms with Crippen molar-refractivity contribution in [3.63, 3.8) is 0 Å². The van der Waals surface area contributed by atoms with Gasteiger partial charge in [0.25, 0.3) is 11.9 Å². The minimum atomic E-state index is -4.63. The van der Waals surface area contributed by atoms with Crippen molar-refractivity contribution < 1.29 is 32.3 Å². The van der Waals surface area contributed by atoms with Gasteiger partial charge in [-0.25, -0.2) is 0 Å². The molecule has 1 fully saturated rings. The summed E-state index contributed by atoms with van der Waals surface area (Å²) in [5, 5.41) is 15.2. The zero-order valence-corrected chi connectivity index (χ0v) is 18.7. The van der Waals surface area contributed by atoms with E-state index in [0.29, 0.717) is 36.9 Å². The van der Waals surface area contributed by atoms with Crippen molar-refractivity contribution in [1.29, 1.82) is 0 Å². The van der Waals surface area contributed by atoms with Crippen molar-refractivity contribution in [2.24, 2.45) is 5.92 Å². The van der Waals surface area contributed by atoms with E-state index in [-0.39, 0.29) is 24.5 Å². The summed E-state index contributed by atoms with van der Waals surface area (Å²) in [6, 6.07) is 4.97. The van der Waals surface area contributed by atoms with E-state index >= 15 is 0 Å². The topological polar surface area (TPSA) is 101 Å². The molecule has 2 aromatic rings. The number of carbonyl (C=O) groups excluding carboxylic acids is 1. The molecule has 1 atom stereocenters. The summed E-state index contributed by atoms with van der Waals surface area (Å²) in [6.07, 6.45) is -1.16. The Morgan fingerprint density at radius 3 is 2.70 bits per heavy atom. The maximum absolute atomic E-state index is 12.6. The molecule has 0 bridgehead atoms. The fourth-order valence-electron chi connectivity index (χ4n) is 3.77. The number of anilines is 1. The Hall–Kier alpha value is -2.82. The van der Waals surface area contributed by atoms with Gasteiger partial charge in [0.1, 0.15) is 5.75 Å². The maximum Gasteiger partial charge on any atom is 0.471 e. The molecule has 0 saturated carbocycles. The lowest BCUT2D eigenvalue weighted by Gasteiger charge is -2.30. The molecule has 2 heterocycles. The first-order chi connectivity index (χ1) is 15.7. The number of aliphatic hydroxyl groups excluding tert-OH is 1. The van der Waals surface area contributed by atoms with E-state index in [1.807, 2.05) is 13.0 Å². The first kappa shape index (κ1) is 24.8. The number of hydrogen-bond donors (Lipinski definition) is 2. The van der Waals surface area contributed by atoms with E-state index in [4.69, 9.17) is 9.84 Å². The number of hydrogen-bond acceptors (Lipinski definition) is 7. The monoisotopic (exact) mass is 470 g/mol. The Labute approximate surface area is 190 Å². The number of piperidine rings is 1. The number of alkyl halides is 3. The lowest BCUT2D eigenvalue weighted by molar-refractivity contribution is -0.159. The predicted octanol–water partition coefficient (Wildman–Crippen LogP) is 3.58. The molecule has 182 valence electrons. The van der Waals surface area contributed by atoms with Gasteiger partial charge < -0.3 is 24.6 Å². The highest BCUT2D eigenvalue weighted by Gasteiger charge is 2.39. The molecule has 33 heavy (non-hydrogen) atoms. The number of halogens is 3. The van der Waals surface area contributed by atoms with Crippen molar-refractivity contribution in [1.82, 2.24) is 15.5 Å². The predicted molar refractivity (Wildman–Crippen MR) is 114 cm³/mol. The van der Waals surface area contributed by atoms with E-state index in [1.54, 1.807) is 24.0 Å². The molecule has 1 amide bonds. The number of aromatic nitrogens is 2. The lowest BCUT2D eigenvalue weighted by Crippen LogP contribution is -2.35. The molecule has 0 unspecified atom stereocenters. The second-order valence-corrected chi connectivity index (χ2v) is 8.35. The maximum atomic E-state index is 12.6. The lowest BCUT2D eigenvalue weighted by atomic mass is 9.92. The summed E-state index contributed by atoms with van der Waals surface area (Å²) in [7, 11) is 0. The van der Waals surface area contributed by atoms with Gasteiger partial charge in [-0.1, -0.05) is 0 Å². The smallest absolute Gasteiger partial charge is 0.471 e. The third-order valence-corrected chi connectivity index (χ3v) is 5.67. The second-order valence-electron chi connectivity index (χ2n) is 8.35. The largest absolute Gasteiger partial charge is 0.494 e. The summed E-state index contributed by atoms with van der Waals surface area (Å²) < 4.78 is 48.0. The summed E-state index contributed by atoms with van der Waals surface area (Å²) >= 11 is 0. The Kier molecular flexibility index (Phi) is 8.17. The van der Waals surface area contributed by atoms with E-state index in [0.717, 1.165) is 31.2 Å². The fraction of sp³-hybridized carbons (Fsp3) is 0.591. The molecule has 0 radical (unpaired) electrons. The minimum absolute atomic E-state index is 0.0116. The van der Waals surface area contributed by atoms with Crippen LogP contribution in [-0.4, -0.2) is 53.5 Å². The van der Waals surface area contributed by atoms with Crippen LogP contribution in [0, 0.1) is 12.8 Å². The highest BCUT2D eigenvalue weighted by Crippen LogP contribution is 2.30. The molecule has 11 heteroatoms. The van der Waals surface area contributed by atoms with Crippen molar-refractivity contribution in [2.75, 3.05) is 31.2 Å². The van der Waals surface area contributed by atoms with Gasteiger partial charge >= 0.3 is 12.1 Å². The Balaban J connectivity index is 1.38. The van der Waals surface area contributed by atoms with Gasteiger partial charge in [-0.15, -0.1) is 0 Å². The number of rotatable bonds is 9. The highest BCUT2D eigenvalue weighted by atomic mass is 19.4. The second kappa shape index (κ2) is 10.9. The molecule has 8 nitrogen and oxygen atoms in total. The standard InChI is InChI=1S/C22H29F3N4O4/c1-14-12-17(5-6-18(14)19(31)26-15(2)13-30)32-11-3-4-16-7-9-29(10-8-16)21-27-20(33-28-21)22(23,24)25/h5-6,12,15-16,30H,3-4,7-11,13H2,1-2H3,(H,26,31)/t15-/m1/s1. The average Bonchev–Trinajstić information content (AvgIpc) is 3.28. The van der Waals surface area contributed by atoms with Gasteiger partial charge in [-0.2, -0.15) is 18.2 Å². The normalized spacial score (nSPS) is 16.0. The third-order valence-electron chi connectivity index (χ3n) is 5.67. The van der Waals surface area contributed by atoms with E-state index < -0.39 is 12.1 Å². The van der Waals surface area contributed by atoms with Gasteiger partial charge in [0.15, 0.2) is 0 Å². The zero-order chi connectivity index (χ0) is 24.0. The molecule has 1 aromatic heterocycles. The number of nitrogens with zero attached hydrogens (tertiary/aromatic N) is 3. The van der Waals surface area contributed by atoms with Crippen LogP contribution in [0.3, 0.4) is 0 Å². The molecular formula is C22H29F3N4O4. The van der Waals surface area contributed by atoms with Gasteiger partial charge in [0.05, 0.1) is 13.2 Å². The highest BCUT2D eigenvalue weighted by molar-refractivity contribution is 5.95. The fourth-order valence-corrected chi connectivity index (χ4v) is 3.77. The number of aryl methyl sites for hydroxylation is 1. The quantitative estimate of drug-likeness (QED) is 0.540. The zero-order valence-electron chi connectivity index (χ0n) is 18.7. The van der Waals surface area contributed by atoms with Gasteiger partial charge in [0.2, 0.25) is 0 Å². The van der Waals surface area contributed by atoms with Crippen molar-refractivity contribution >= 4 is 11.9 Å². The Morgan fingerprint density at radius 1 is 1.36 bits per heavy atom. The van der Waals surface area contributed by atoms with Crippen molar-refractivity contribution in [3.8, 4) is 5.75 Å². The molecule has 3 rings (SSSR count). The van der Waals surface area contributed by atoms with E-state index in [1.165, 1.54) is 0 Å². The van der Waals surface area contributed by atoms with Crippen LogP contribution >= 0.6 is 0 Å². The molecule has 1 aliphatic heterocycles. The average molecular weight is 470 g/mol. The molecule has 0 spiro atoms. The van der Waals surface area contributed by atoms with Crippen LogP contribution in [0.1, 0.15) is 54.4 Å². The van der Waals surface area contributed by atoms with Crippen molar-refractivity contribution in [3.05, 3.63) is 35.2 Å². The first-order valence-electron chi connectivity index (χ1n) is 11.0. The van der Waals surface area contributed by atoms with Gasteiger partial charge in [0, 0.05) is 24.7 Å². The number of aliphatic hydroxyl groups is 1. The molecule has 2 N–H and O–H groups in total. The number of amides is 1. The Morgan fingerprint density at radius 2 is 2.09 bits per heavy atom. The minimum Gasteiger partial charge on any atom is -0.494 e. The third kappa shape index (κ3) is 6.83. The molecule has 0 aliphatic carbocycles. The molecular weight excluding hydrogens is 441 g/mol. The Bertz CT molecular complexity index is 927. The molecule has 1 aliphatic rings. The molecule has 1 saturated heterocycles. The number of benzene rings is 1.